The number of hydrogen-bond donors (Lipinski definition) is 2. The molecule has 0 spiro atoms. The predicted octanol–water partition coefficient (Wildman–Crippen LogP) is 2.16. The van der Waals surface area contributed by atoms with E-state index in [0.29, 0.717) is 6.61 Å². The molecule has 0 saturated heterocycles. The zero-order valence-electron chi connectivity index (χ0n) is 10.6. The molecule has 3 N–H and O–H groups in total. The Morgan fingerprint density at radius 1 is 1.44 bits per heavy atom. The number of nitrogens with two attached hydrogens (primary N) is 1. The molecule has 1 aromatic carbocycles. The van der Waals surface area contributed by atoms with Crippen LogP contribution in [0, 0.1) is 0 Å². The molecule has 96 valence electrons. The zero-order chi connectivity index (χ0) is 13.1. The van der Waals surface area contributed by atoms with Crippen LogP contribution in [0.15, 0.2) is 30.5 Å². The van der Waals surface area contributed by atoms with Crippen molar-refractivity contribution in [2.75, 3.05) is 6.61 Å². The molecule has 4 heteroatoms. The Bertz CT molecular complexity index is 547. The second kappa shape index (κ2) is 5.23. The Morgan fingerprint density at radius 2 is 2.17 bits per heavy atom. The highest BCUT2D eigenvalue weighted by Crippen LogP contribution is 2.27. The third kappa shape index (κ3) is 2.24. The molecule has 1 unspecified atom stereocenters. The first-order chi connectivity index (χ1) is 8.65. The van der Waals surface area contributed by atoms with Gasteiger partial charge < -0.3 is 15.5 Å². The first-order valence-electron chi connectivity index (χ1n) is 6.13. The molecule has 1 heterocycles. The number of carbonyl (C=O) groups excluding carboxylic acids is 1. The van der Waals surface area contributed by atoms with Gasteiger partial charge in [0, 0.05) is 23.0 Å². The summed E-state index contributed by atoms with van der Waals surface area (Å²) >= 11 is 0. The number of benzene rings is 1. The molecule has 18 heavy (non-hydrogen) atoms. The van der Waals surface area contributed by atoms with E-state index in [1.807, 2.05) is 37.4 Å². The number of hydrogen-bond acceptors (Lipinski definition) is 3. The lowest BCUT2D eigenvalue weighted by Crippen LogP contribution is -2.37. The quantitative estimate of drug-likeness (QED) is 0.812. The third-order valence-electron chi connectivity index (χ3n) is 3.21. The summed E-state index contributed by atoms with van der Waals surface area (Å²) in [4.78, 5) is 14.8. The molecule has 2 atom stereocenters. The monoisotopic (exact) mass is 246 g/mol. The van der Waals surface area contributed by atoms with E-state index in [4.69, 9.17) is 10.5 Å². The highest BCUT2D eigenvalue weighted by atomic mass is 16.5. The first kappa shape index (κ1) is 12.6. The van der Waals surface area contributed by atoms with Crippen LogP contribution in [0.25, 0.3) is 10.9 Å². The Hall–Kier alpha value is -1.81. The topological polar surface area (TPSA) is 68.1 Å². The minimum atomic E-state index is -0.635. The van der Waals surface area contributed by atoms with Crippen LogP contribution < -0.4 is 5.73 Å². The van der Waals surface area contributed by atoms with Crippen molar-refractivity contribution in [3.05, 3.63) is 36.0 Å². The molecule has 2 aromatic rings. The molecule has 0 aliphatic rings. The van der Waals surface area contributed by atoms with Crippen molar-refractivity contribution in [2.45, 2.75) is 25.8 Å². The van der Waals surface area contributed by atoms with Crippen LogP contribution in [0.3, 0.4) is 0 Å². The van der Waals surface area contributed by atoms with Crippen molar-refractivity contribution in [1.82, 2.24) is 4.98 Å². The van der Waals surface area contributed by atoms with Gasteiger partial charge in [-0.3, -0.25) is 4.79 Å². The van der Waals surface area contributed by atoms with E-state index in [1.165, 1.54) is 0 Å². The number of carbonyl (C=O) groups is 1. The number of aromatic nitrogens is 1. The summed E-state index contributed by atoms with van der Waals surface area (Å²) in [5.41, 5.74) is 8.04. The largest absolute Gasteiger partial charge is 0.465 e. The smallest absolute Gasteiger partial charge is 0.323 e. The third-order valence-corrected chi connectivity index (χ3v) is 3.21. The van der Waals surface area contributed by atoms with Crippen molar-refractivity contribution in [3.63, 3.8) is 0 Å². The number of rotatable bonds is 4. The molecule has 0 aliphatic heterocycles. The molecule has 1 aromatic heterocycles. The van der Waals surface area contributed by atoms with Gasteiger partial charge in [-0.2, -0.15) is 0 Å². The number of fused-ring (bicyclic) bond motifs is 1. The van der Waals surface area contributed by atoms with E-state index in [0.717, 1.165) is 16.5 Å². The van der Waals surface area contributed by atoms with E-state index in [9.17, 15) is 4.79 Å². The van der Waals surface area contributed by atoms with Gasteiger partial charge in [0.2, 0.25) is 0 Å². The van der Waals surface area contributed by atoms with E-state index in [2.05, 4.69) is 4.98 Å². The van der Waals surface area contributed by atoms with E-state index in [-0.39, 0.29) is 11.9 Å². The van der Waals surface area contributed by atoms with Crippen molar-refractivity contribution >= 4 is 16.9 Å². The summed E-state index contributed by atoms with van der Waals surface area (Å²) < 4.78 is 4.96. The molecular weight excluding hydrogens is 228 g/mol. The van der Waals surface area contributed by atoms with Crippen LogP contribution in [0.1, 0.15) is 25.3 Å². The number of H-pyrrole nitrogens is 1. The number of nitrogens with one attached hydrogen (secondary N) is 1. The first-order valence-corrected chi connectivity index (χ1v) is 6.13. The van der Waals surface area contributed by atoms with Gasteiger partial charge in [-0.15, -0.1) is 0 Å². The summed E-state index contributed by atoms with van der Waals surface area (Å²) in [7, 11) is 0. The Kier molecular flexibility index (Phi) is 3.67. The highest BCUT2D eigenvalue weighted by Gasteiger charge is 2.25. The SMILES string of the molecule is CCOC(=O)C(N)[C@H](C)c1c[nH]c2ccccc12. The molecule has 0 fully saturated rings. The molecular formula is C14H18N2O2. The Balaban J connectivity index is 2.28. The maximum Gasteiger partial charge on any atom is 0.323 e. The van der Waals surface area contributed by atoms with Crippen molar-refractivity contribution in [1.29, 1.82) is 0 Å². The van der Waals surface area contributed by atoms with E-state index >= 15 is 0 Å². The van der Waals surface area contributed by atoms with Crippen LogP contribution in [0.5, 0.6) is 0 Å². The molecule has 4 nitrogen and oxygen atoms in total. The average molecular weight is 246 g/mol. The minimum absolute atomic E-state index is 0.0831. The van der Waals surface area contributed by atoms with Gasteiger partial charge in [-0.1, -0.05) is 25.1 Å². The number of aromatic amines is 1. The van der Waals surface area contributed by atoms with E-state index in [1.54, 1.807) is 6.92 Å². The molecule has 0 amide bonds. The van der Waals surface area contributed by atoms with Gasteiger partial charge in [0.1, 0.15) is 6.04 Å². The predicted molar refractivity (Wildman–Crippen MR) is 71.3 cm³/mol. The normalized spacial score (nSPS) is 14.4. The zero-order valence-corrected chi connectivity index (χ0v) is 10.6. The van der Waals surface area contributed by atoms with Gasteiger partial charge in [0.05, 0.1) is 6.61 Å². The lowest BCUT2D eigenvalue weighted by molar-refractivity contribution is -0.145. The second-order valence-electron chi connectivity index (χ2n) is 4.36. The van der Waals surface area contributed by atoms with Gasteiger partial charge in [-0.05, 0) is 18.6 Å². The van der Waals surface area contributed by atoms with Crippen molar-refractivity contribution < 1.29 is 9.53 Å². The number of ether oxygens (including phenoxy) is 1. The summed E-state index contributed by atoms with van der Waals surface area (Å²) in [5.74, 6) is -0.435. The summed E-state index contributed by atoms with van der Waals surface area (Å²) in [5, 5.41) is 1.10. The average Bonchev–Trinajstić information content (AvgIpc) is 2.81. The summed E-state index contributed by atoms with van der Waals surface area (Å²) in [6.07, 6.45) is 1.91. The molecule has 0 radical (unpaired) electrons. The van der Waals surface area contributed by atoms with E-state index < -0.39 is 6.04 Å². The maximum atomic E-state index is 11.7. The van der Waals surface area contributed by atoms with Gasteiger partial charge in [0.15, 0.2) is 0 Å². The molecule has 0 aliphatic carbocycles. The van der Waals surface area contributed by atoms with Crippen molar-refractivity contribution in [2.24, 2.45) is 5.73 Å². The summed E-state index contributed by atoms with van der Waals surface area (Å²) in [6, 6.07) is 7.34. The van der Waals surface area contributed by atoms with Crippen LogP contribution in [0.4, 0.5) is 0 Å². The fourth-order valence-electron chi connectivity index (χ4n) is 2.11. The maximum absolute atomic E-state index is 11.7. The molecule has 0 bridgehead atoms. The fraction of sp³-hybridized carbons (Fsp3) is 0.357. The lowest BCUT2D eigenvalue weighted by Gasteiger charge is -2.17. The highest BCUT2D eigenvalue weighted by molar-refractivity contribution is 5.85. The Morgan fingerprint density at radius 3 is 2.89 bits per heavy atom. The van der Waals surface area contributed by atoms with Crippen LogP contribution in [-0.2, 0) is 9.53 Å². The Labute approximate surface area is 106 Å². The number of esters is 1. The fourth-order valence-corrected chi connectivity index (χ4v) is 2.11. The molecule has 2 rings (SSSR count). The van der Waals surface area contributed by atoms with Crippen LogP contribution >= 0.6 is 0 Å². The van der Waals surface area contributed by atoms with Crippen molar-refractivity contribution in [3.8, 4) is 0 Å². The van der Waals surface area contributed by atoms with Gasteiger partial charge >= 0.3 is 5.97 Å². The molecule has 0 saturated carbocycles. The van der Waals surface area contributed by atoms with Gasteiger partial charge in [0.25, 0.3) is 0 Å². The second-order valence-corrected chi connectivity index (χ2v) is 4.36. The van der Waals surface area contributed by atoms with Gasteiger partial charge in [-0.25, -0.2) is 0 Å². The van der Waals surface area contributed by atoms with Crippen LogP contribution in [0.2, 0.25) is 0 Å². The summed E-state index contributed by atoms with van der Waals surface area (Å²) in [6.45, 7) is 4.07. The van der Waals surface area contributed by atoms with Crippen LogP contribution in [-0.4, -0.2) is 23.6 Å². The standard InChI is InChI=1S/C14H18N2O2/c1-3-18-14(17)13(15)9(2)11-8-16-12-7-5-4-6-10(11)12/h4-9,13,16H,3,15H2,1-2H3/t9-,13?/m1/s1. The lowest BCUT2D eigenvalue weighted by atomic mass is 9.93. The number of para-hydroxylation sites is 1. The minimum Gasteiger partial charge on any atom is -0.465 e.